The molecular weight excluding hydrogens is 475 g/mol. The second kappa shape index (κ2) is 7.52. The van der Waals surface area contributed by atoms with Gasteiger partial charge in [0.1, 0.15) is 17.8 Å². The van der Waals surface area contributed by atoms with Gasteiger partial charge in [0.2, 0.25) is 0 Å². The number of nitrogens with zero attached hydrogens (tertiary/aromatic N) is 5. The fourth-order valence-corrected chi connectivity index (χ4v) is 5.63. The zero-order valence-electron chi connectivity index (χ0n) is 18.4. The third-order valence-electron chi connectivity index (χ3n) is 7.11. The highest BCUT2D eigenvalue weighted by molar-refractivity contribution is 6.25. The molecule has 0 N–H and O–H groups in total. The Labute approximate surface area is 202 Å². The molecule has 36 heavy (non-hydrogen) atoms. The van der Waals surface area contributed by atoms with E-state index >= 15 is 0 Å². The number of halogens is 3. The molecule has 3 aromatic rings. The number of piperazine rings is 1. The zero-order valence-corrected chi connectivity index (χ0v) is 18.4. The van der Waals surface area contributed by atoms with Gasteiger partial charge in [-0.05, 0) is 18.6 Å². The topological polar surface area (TPSA) is 97.6 Å². The lowest BCUT2D eigenvalue weighted by atomic mass is 10.0. The summed E-state index contributed by atoms with van der Waals surface area (Å²) in [7, 11) is 0. The van der Waals surface area contributed by atoms with Gasteiger partial charge in [0.25, 0.3) is 11.8 Å². The number of alkyl halides is 3. The van der Waals surface area contributed by atoms with Gasteiger partial charge in [0.15, 0.2) is 0 Å². The van der Waals surface area contributed by atoms with Crippen LogP contribution in [0, 0.1) is 11.3 Å². The molecule has 3 aliphatic heterocycles. The normalized spacial score (nSPS) is 22.9. The van der Waals surface area contributed by atoms with E-state index in [2.05, 4.69) is 4.98 Å². The lowest BCUT2D eigenvalue weighted by molar-refractivity contribution is -0.138. The molecular formula is C25H16F3N5O3. The Morgan fingerprint density at radius 1 is 1.06 bits per heavy atom. The number of likely N-dealkylation sites (tertiary alicyclic amines) is 1. The van der Waals surface area contributed by atoms with E-state index in [4.69, 9.17) is 0 Å². The molecule has 3 saturated heterocycles. The monoisotopic (exact) mass is 491 g/mol. The van der Waals surface area contributed by atoms with Crippen molar-refractivity contribution in [2.24, 2.45) is 0 Å². The molecule has 4 heterocycles. The number of carbonyl (C=O) groups excluding carboxylic acids is 3. The Kier molecular flexibility index (Phi) is 4.60. The molecule has 8 nitrogen and oxygen atoms in total. The van der Waals surface area contributed by atoms with Gasteiger partial charge in [0.05, 0.1) is 35.1 Å². The number of benzene rings is 2. The third-order valence-corrected chi connectivity index (χ3v) is 7.11. The Morgan fingerprint density at radius 2 is 1.75 bits per heavy atom. The van der Waals surface area contributed by atoms with E-state index < -0.39 is 53.3 Å². The average molecular weight is 491 g/mol. The van der Waals surface area contributed by atoms with Crippen LogP contribution >= 0.6 is 0 Å². The van der Waals surface area contributed by atoms with Gasteiger partial charge in [-0.15, -0.1) is 0 Å². The zero-order chi connectivity index (χ0) is 25.4. The number of hydrogen-bond acceptors (Lipinski definition) is 5. The number of anilines is 1. The highest BCUT2D eigenvalue weighted by atomic mass is 19.4. The summed E-state index contributed by atoms with van der Waals surface area (Å²) in [6, 6.07) is 10.5. The van der Waals surface area contributed by atoms with Crippen molar-refractivity contribution in [1.82, 2.24) is 14.8 Å². The fourth-order valence-electron chi connectivity index (χ4n) is 5.63. The standard InChI is InChI=1S/C25H16F3N5O3/c26-25(27,28)17-8-4-3-7-16(17)22(34)31-12-13-9-19(31)21-23(35)33(24(36)32(13)21)20-11-30-18(10-29)14-5-1-2-6-15(14)20/h1-8,11,13,19,21H,9,12H2. The Bertz CT molecular complexity index is 1510. The van der Waals surface area contributed by atoms with Gasteiger partial charge in [0, 0.05) is 17.3 Å². The van der Waals surface area contributed by atoms with Crippen molar-refractivity contribution in [3.8, 4) is 6.07 Å². The van der Waals surface area contributed by atoms with Gasteiger partial charge in [-0.2, -0.15) is 18.4 Å². The number of fused-ring (bicyclic) bond motifs is 6. The summed E-state index contributed by atoms with van der Waals surface area (Å²) in [5.74, 6) is -1.40. The van der Waals surface area contributed by atoms with E-state index in [0.29, 0.717) is 17.2 Å². The highest BCUT2D eigenvalue weighted by Crippen LogP contribution is 2.44. The third kappa shape index (κ3) is 2.94. The van der Waals surface area contributed by atoms with Crippen LogP contribution in [0.25, 0.3) is 10.8 Å². The first-order valence-corrected chi connectivity index (χ1v) is 11.1. The first-order valence-electron chi connectivity index (χ1n) is 11.1. The molecule has 0 radical (unpaired) electrons. The summed E-state index contributed by atoms with van der Waals surface area (Å²) < 4.78 is 40.6. The van der Waals surface area contributed by atoms with Crippen molar-refractivity contribution in [1.29, 1.82) is 5.26 Å². The first kappa shape index (κ1) is 22.0. The van der Waals surface area contributed by atoms with Crippen molar-refractivity contribution >= 4 is 34.3 Å². The molecule has 2 bridgehead atoms. The number of amides is 4. The van der Waals surface area contributed by atoms with Crippen molar-refractivity contribution in [3.05, 3.63) is 71.5 Å². The average Bonchev–Trinajstić information content (AvgIpc) is 3.54. The maximum Gasteiger partial charge on any atom is 0.417 e. The molecule has 4 amide bonds. The van der Waals surface area contributed by atoms with E-state index in [1.165, 1.54) is 28.1 Å². The summed E-state index contributed by atoms with van der Waals surface area (Å²) in [6.07, 6.45) is -3.11. The summed E-state index contributed by atoms with van der Waals surface area (Å²) in [6.45, 7) is 0.0332. The highest BCUT2D eigenvalue weighted by Gasteiger charge is 2.63. The number of hydrogen-bond donors (Lipinski definition) is 0. The number of carbonyl (C=O) groups is 3. The van der Waals surface area contributed by atoms with Crippen LogP contribution in [0.3, 0.4) is 0 Å². The molecule has 3 atom stereocenters. The molecule has 3 fully saturated rings. The second-order valence-corrected chi connectivity index (χ2v) is 8.92. The largest absolute Gasteiger partial charge is 0.417 e. The minimum Gasteiger partial charge on any atom is -0.331 e. The molecule has 1 aromatic heterocycles. The molecule has 2 aromatic carbocycles. The molecule has 11 heteroatoms. The molecule has 6 rings (SSSR count). The van der Waals surface area contributed by atoms with E-state index in [0.717, 1.165) is 17.0 Å². The van der Waals surface area contributed by atoms with Crippen LogP contribution in [0.4, 0.5) is 23.7 Å². The molecule has 3 unspecified atom stereocenters. The van der Waals surface area contributed by atoms with Crippen LogP contribution in [-0.2, 0) is 11.0 Å². The van der Waals surface area contributed by atoms with Crippen LogP contribution in [0.1, 0.15) is 28.0 Å². The number of nitriles is 1. The van der Waals surface area contributed by atoms with Gasteiger partial charge in [-0.1, -0.05) is 36.4 Å². The van der Waals surface area contributed by atoms with Crippen LogP contribution in [0.2, 0.25) is 0 Å². The molecule has 0 saturated carbocycles. The number of pyridine rings is 1. The van der Waals surface area contributed by atoms with Crippen molar-refractivity contribution < 1.29 is 27.6 Å². The minimum absolute atomic E-state index is 0.0332. The van der Waals surface area contributed by atoms with Crippen LogP contribution in [0.5, 0.6) is 0 Å². The number of rotatable bonds is 2. The lowest BCUT2D eigenvalue weighted by Gasteiger charge is -2.35. The van der Waals surface area contributed by atoms with Gasteiger partial charge in [-0.25, -0.2) is 14.7 Å². The predicted octanol–water partition coefficient (Wildman–Crippen LogP) is 3.56. The molecule has 0 aliphatic carbocycles. The van der Waals surface area contributed by atoms with Crippen molar-refractivity contribution in [2.75, 3.05) is 11.4 Å². The lowest BCUT2D eigenvalue weighted by Crippen LogP contribution is -2.55. The predicted molar refractivity (Wildman–Crippen MR) is 120 cm³/mol. The summed E-state index contributed by atoms with van der Waals surface area (Å²) in [5, 5.41) is 10.3. The summed E-state index contributed by atoms with van der Waals surface area (Å²) in [5.41, 5.74) is -1.16. The van der Waals surface area contributed by atoms with Crippen molar-refractivity contribution in [2.45, 2.75) is 30.7 Å². The Morgan fingerprint density at radius 3 is 2.47 bits per heavy atom. The minimum atomic E-state index is -4.71. The summed E-state index contributed by atoms with van der Waals surface area (Å²) in [4.78, 5) is 48.0. The van der Waals surface area contributed by atoms with Crippen LogP contribution in [0.15, 0.2) is 54.7 Å². The van der Waals surface area contributed by atoms with E-state index in [9.17, 15) is 32.8 Å². The first-order chi connectivity index (χ1) is 17.2. The van der Waals surface area contributed by atoms with Gasteiger partial charge >= 0.3 is 12.2 Å². The molecule has 180 valence electrons. The number of imide groups is 1. The quantitative estimate of drug-likeness (QED) is 0.511. The number of aromatic nitrogens is 1. The Hall–Kier alpha value is -4.46. The van der Waals surface area contributed by atoms with Crippen molar-refractivity contribution in [3.63, 3.8) is 0 Å². The molecule has 3 aliphatic rings. The van der Waals surface area contributed by atoms with E-state index in [1.807, 2.05) is 6.07 Å². The maximum atomic E-state index is 13.6. The second-order valence-electron chi connectivity index (χ2n) is 8.92. The van der Waals surface area contributed by atoms with Crippen LogP contribution in [-0.4, -0.2) is 57.3 Å². The van der Waals surface area contributed by atoms with Crippen LogP contribution < -0.4 is 4.90 Å². The van der Waals surface area contributed by atoms with E-state index in [-0.39, 0.29) is 17.9 Å². The summed E-state index contributed by atoms with van der Waals surface area (Å²) >= 11 is 0. The fraction of sp³-hybridized carbons (Fsp3) is 0.240. The van der Waals surface area contributed by atoms with E-state index in [1.54, 1.807) is 24.3 Å². The SMILES string of the molecule is N#Cc1ncc(N2C(=O)C3C4CC(CN4C(=O)c4ccccc4C(F)(F)F)N3C2=O)c2ccccc12. The van der Waals surface area contributed by atoms with Gasteiger partial charge in [-0.3, -0.25) is 9.59 Å². The Balaban J connectivity index is 1.36. The smallest absolute Gasteiger partial charge is 0.331 e. The molecule has 0 spiro atoms. The number of urea groups is 1. The van der Waals surface area contributed by atoms with Gasteiger partial charge < -0.3 is 9.80 Å². The maximum absolute atomic E-state index is 13.6.